The van der Waals surface area contributed by atoms with Gasteiger partial charge in [-0.25, -0.2) is 4.39 Å². The molecule has 0 radical (unpaired) electrons. The summed E-state index contributed by atoms with van der Waals surface area (Å²) in [6.07, 6.45) is 2.80. The average molecular weight is 360 g/mol. The second kappa shape index (κ2) is 8.40. The Kier molecular flexibility index (Phi) is 5.98. The van der Waals surface area contributed by atoms with Crippen LogP contribution in [0.15, 0.2) is 28.8 Å². The van der Waals surface area contributed by atoms with E-state index in [0.29, 0.717) is 35.5 Å². The van der Waals surface area contributed by atoms with Crippen molar-refractivity contribution in [3.05, 3.63) is 36.0 Å². The first-order valence-electron chi connectivity index (χ1n) is 9.12. The van der Waals surface area contributed by atoms with Gasteiger partial charge in [0.05, 0.1) is 0 Å². The Labute approximate surface area is 152 Å². The number of amides is 1. The second-order valence-corrected chi connectivity index (χ2v) is 7.04. The maximum atomic E-state index is 13.3. The summed E-state index contributed by atoms with van der Waals surface area (Å²) in [4.78, 5) is 16.6. The highest BCUT2D eigenvalue weighted by Gasteiger charge is 2.24. The van der Waals surface area contributed by atoms with Crippen molar-refractivity contribution in [3.63, 3.8) is 0 Å². The van der Waals surface area contributed by atoms with Crippen LogP contribution < -0.4 is 10.6 Å². The molecule has 1 aliphatic heterocycles. The third kappa shape index (κ3) is 4.66. The lowest BCUT2D eigenvalue weighted by atomic mass is 9.85. The first kappa shape index (κ1) is 18.5. The number of carbonyl (C=O) groups is 1. The number of hydrogen-bond donors (Lipinski definition) is 2. The third-order valence-electron chi connectivity index (χ3n) is 4.92. The second-order valence-electron chi connectivity index (χ2n) is 7.04. The van der Waals surface area contributed by atoms with E-state index in [9.17, 15) is 9.18 Å². The zero-order valence-corrected chi connectivity index (χ0v) is 15.2. The topological polar surface area (TPSA) is 80.0 Å². The van der Waals surface area contributed by atoms with E-state index in [1.165, 1.54) is 12.1 Å². The molecule has 7 heteroatoms. The highest BCUT2D eigenvalue weighted by atomic mass is 19.1. The van der Waals surface area contributed by atoms with Crippen LogP contribution in [0.25, 0.3) is 11.4 Å². The van der Waals surface area contributed by atoms with E-state index < -0.39 is 6.04 Å². The van der Waals surface area contributed by atoms with E-state index in [-0.39, 0.29) is 11.7 Å². The fourth-order valence-electron chi connectivity index (χ4n) is 3.34. The number of nitrogens with one attached hydrogen (secondary N) is 2. The zero-order chi connectivity index (χ0) is 18.5. The fourth-order valence-corrected chi connectivity index (χ4v) is 3.34. The third-order valence-corrected chi connectivity index (χ3v) is 4.92. The minimum atomic E-state index is -0.394. The van der Waals surface area contributed by atoms with Gasteiger partial charge in [-0.3, -0.25) is 4.79 Å². The number of halogens is 1. The van der Waals surface area contributed by atoms with Crippen molar-refractivity contribution < 1.29 is 13.7 Å². The Morgan fingerprint density at radius 1 is 1.46 bits per heavy atom. The Morgan fingerprint density at radius 3 is 3.04 bits per heavy atom. The average Bonchev–Trinajstić information content (AvgIpc) is 3.12. The summed E-state index contributed by atoms with van der Waals surface area (Å²) >= 11 is 0. The molecule has 1 aliphatic rings. The van der Waals surface area contributed by atoms with E-state index in [2.05, 4.69) is 27.7 Å². The van der Waals surface area contributed by atoms with Crippen molar-refractivity contribution in [3.8, 4) is 11.4 Å². The Hall–Kier alpha value is -2.28. The Bertz CT molecular complexity index is 743. The van der Waals surface area contributed by atoms with E-state index >= 15 is 0 Å². The molecule has 1 fully saturated rings. The molecule has 3 rings (SSSR count). The molecular weight excluding hydrogens is 335 g/mol. The maximum absolute atomic E-state index is 13.3. The van der Waals surface area contributed by atoms with Gasteiger partial charge in [-0.2, -0.15) is 4.98 Å². The van der Waals surface area contributed by atoms with Gasteiger partial charge in [0.25, 0.3) is 0 Å². The molecule has 26 heavy (non-hydrogen) atoms. The summed E-state index contributed by atoms with van der Waals surface area (Å²) < 4.78 is 18.6. The number of benzene rings is 1. The highest BCUT2D eigenvalue weighted by molar-refractivity contribution is 5.76. The predicted molar refractivity (Wildman–Crippen MR) is 95.6 cm³/mol. The van der Waals surface area contributed by atoms with Gasteiger partial charge < -0.3 is 15.2 Å². The van der Waals surface area contributed by atoms with Gasteiger partial charge in [-0.1, -0.05) is 24.2 Å². The fraction of sp³-hybridized carbons (Fsp3) is 0.526. The smallest absolute Gasteiger partial charge is 0.249 e. The largest absolute Gasteiger partial charge is 0.345 e. The molecule has 6 nitrogen and oxygen atoms in total. The number of nitrogens with zero attached hydrogens (tertiary/aromatic N) is 2. The van der Waals surface area contributed by atoms with Crippen LogP contribution in [0, 0.1) is 17.7 Å². The number of carbonyl (C=O) groups excluding carboxylic acids is 1. The van der Waals surface area contributed by atoms with E-state index in [1.54, 1.807) is 19.1 Å². The van der Waals surface area contributed by atoms with Crippen molar-refractivity contribution >= 4 is 5.91 Å². The summed E-state index contributed by atoms with van der Waals surface area (Å²) in [5, 5.41) is 10.2. The van der Waals surface area contributed by atoms with Crippen LogP contribution in [0.1, 0.15) is 45.0 Å². The van der Waals surface area contributed by atoms with Gasteiger partial charge in [-0.05, 0) is 56.8 Å². The van der Waals surface area contributed by atoms with Crippen LogP contribution >= 0.6 is 0 Å². The van der Waals surface area contributed by atoms with Crippen LogP contribution in [0.5, 0.6) is 0 Å². The van der Waals surface area contributed by atoms with Gasteiger partial charge in [-0.15, -0.1) is 0 Å². The molecule has 1 aromatic carbocycles. The van der Waals surface area contributed by atoms with Gasteiger partial charge in [0, 0.05) is 12.0 Å². The number of hydrogen-bond acceptors (Lipinski definition) is 5. The molecule has 0 aliphatic carbocycles. The highest BCUT2D eigenvalue weighted by Crippen LogP contribution is 2.23. The van der Waals surface area contributed by atoms with Crippen molar-refractivity contribution in [1.82, 2.24) is 20.8 Å². The van der Waals surface area contributed by atoms with E-state index in [1.807, 2.05) is 0 Å². The van der Waals surface area contributed by atoms with Crippen molar-refractivity contribution in [1.29, 1.82) is 0 Å². The molecule has 3 atom stereocenters. The molecule has 1 aromatic heterocycles. The first-order valence-corrected chi connectivity index (χ1v) is 9.12. The normalized spacial score (nSPS) is 19.7. The van der Waals surface area contributed by atoms with Gasteiger partial charge in [0.2, 0.25) is 17.6 Å². The molecule has 0 bridgehead atoms. The van der Waals surface area contributed by atoms with Gasteiger partial charge in [0.1, 0.15) is 11.9 Å². The quantitative estimate of drug-likeness (QED) is 0.827. The minimum Gasteiger partial charge on any atom is -0.345 e. The molecule has 1 saturated heterocycles. The van der Waals surface area contributed by atoms with E-state index in [0.717, 1.165) is 25.9 Å². The van der Waals surface area contributed by atoms with Crippen LogP contribution in [0.3, 0.4) is 0 Å². The minimum absolute atomic E-state index is 0.0268. The van der Waals surface area contributed by atoms with Crippen molar-refractivity contribution in [2.75, 3.05) is 13.1 Å². The molecule has 0 spiro atoms. The maximum Gasteiger partial charge on any atom is 0.249 e. The van der Waals surface area contributed by atoms with Gasteiger partial charge in [0.15, 0.2) is 0 Å². The number of piperidine rings is 1. The lowest BCUT2D eigenvalue weighted by molar-refractivity contribution is -0.123. The number of aromatic nitrogens is 2. The molecule has 140 valence electrons. The van der Waals surface area contributed by atoms with Gasteiger partial charge >= 0.3 is 0 Å². The number of rotatable bonds is 6. The molecule has 0 saturated carbocycles. The molecule has 2 aromatic rings. The Balaban J connectivity index is 1.56. The first-order chi connectivity index (χ1) is 12.5. The van der Waals surface area contributed by atoms with Crippen LogP contribution in [-0.2, 0) is 4.79 Å². The standard InChI is InChI=1S/C19H25FN4O2/c1-12(15-6-4-8-21-11-15)9-17(25)22-13(2)19-23-18(24-26-19)14-5-3-7-16(20)10-14/h3,5,7,10,12-13,15,21H,4,6,8-9,11H2,1-2H3,(H,22,25). The SMILES string of the molecule is CC(NC(=O)CC(C)C1CCCNC1)c1nc(-c2cccc(F)c2)no1. The summed E-state index contributed by atoms with van der Waals surface area (Å²) in [6.45, 7) is 5.96. The van der Waals surface area contributed by atoms with Crippen molar-refractivity contribution in [2.24, 2.45) is 11.8 Å². The van der Waals surface area contributed by atoms with Crippen LogP contribution in [-0.4, -0.2) is 29.1 Å². The van der Waals surface area contributed by atoms with Crippen LogP contribution in [0.2, 0.25) is 0 Å². The lowest BCUT2D eigenvalue weighted by Gasteiger charge is -2.28. The molecule has 2 N–H and O–H groups in total. The monoisotopic (exact) mass is 360 g/mol. The summed E-state index contributed by atoms with van der Waals surface area (Å²) in [5.74, 6) is 1.09. The summed E-state index contributed by atoms with van der Waals surface area (Å²) in [7, 11) is 0. The lowest BCUT2D eigenvalue weighted by Crippen LogP contribution is -2.36. The molecule has 1 amide bonds. The summed E-state index contributed by atoms with van der Waals surface area (Å²) in [6, 6.07) is 5.61. The van der Waals surface area contributed by atoms with Crippen LogP contribution in [0.4, 0.5) is 4.39 Å². The molecule has 3 unspecified atom stereocenters. The molecular formula is C19H25FN4O2. The molecule has 2 heterocycles. The van der Waals surface area contributed by atoms with Crippen molar-refractivity contribution in [2.45, 2.75) is 39.2 Å². The van der Waals surface area contributed by atoms with E-state index in [4.69, 9.17) is 4.52 Å². The predicted octanol–water partition coefficient (Wildman–Crippen LogP) is 3.08. The Morgan fingerprint density at radius 2 is 2.31 bits per heavy atom. The zero-order valence-electron chi connectivity index (χ0n) is 15.2. The summed E-state index contributed by atoms with van der Waals surface area (Å²) in [5.41, 5.74) is 0.539.